The minimum Gasteiger partial charge on any atom is -0.356 e. The van der Waals surface area contributed by atoms with E-state index in [9.17, 15) is 13.2 Å². The molecule has 138 valence electrons. The number of nitrogens with zero attached hydrogens (tertiary/aromatic N) is 2. The van der Waals surface area contributed by atoms with E-state index in [1.54, 1.807) is 29.1 Å². The number of imidazole rings is 1. The summed E-state index contributed by atoms with van der Waals surface area (Å²) >= 11 is 1.22. The van der Waals surface area contributed by atoms with Gasteiger partial charge in [-0.25, -0.2) is 18.1 Å². The average molecular weight is 385 g/mol. The van der Waals surface area contributed by atoms with E-state index < -0.39 is 10.0 Å². The van der Waals surface area contributed by atoms with Crippen LogP contribution in [0.3, 0.4) is 0 Å². The van der Waals surface area contributed by atoms with Crippen LogP contribution in [0.25, 0.3) is 0 Å². The Hall–Kier alpha value is -1.71. The fourth-order valence-corrected chi connectivity index (χ4v) is 4.58. The van der Waals surface area contributed by atoms with Gasteiger partial charge in [-0.3, -0.25) is 4.79 Å². The normalized spacial score (nSPS) is 11.8. The Morgan fingerprint density at radius 3 is 2.76 bits per heavy atom. The zero-order valence-corrected chi connectivity index (χ0v) is 16.3. The van der Waals surface area contributed by atoms with Crippen molar-refractivity contribution in [2.75, 3.05) is 6.54 Å². The number of nitrogens with one attached hydrogen (secondary N) is 2. The van der Waals surface area contributed by atoms with E-state index in [1.807, 2.05) is 20.9 Å². The fourth-order valence-electron chi connectivity index (χ4n) is 2.20. The van der Waals surface area contributed by atoms with Crippen molar-refractivity contribution < 1.29 is 13.2 Å². The Kier molecular flexibility index (Phi) is 6.74. The van der Waals surface area contributed by atoms with Crippen molar-refractivity contribution in [3.8, 4) is 0 Å². The van der Waals surface area contributed by atoms with Crippen molar-refractivity contribution in [3.63, 3.8) is 0 Å². The molecule has 0 bridgehead atoms. The van der Waals surface area contributed by atoms with E-state index in [-0.39, 0.29) is 16.7 Å². The number of carbonyl (C=O) groups is 1. The van der Waals surface area contributed by atoms with Gasteiger partial charge >= 0.3 is 0 Å². The molecule has 25 heavy (non-hydrogen) atoms. The summed E-state index contributed by atoms with van der Waals surface area (Å²) in [6.07, 6.45) is 4.51. The van der Waals surface area contributed by atoms with Gasteiger partial charge < -0.3 is 9.88 Å². The summed E-state index contributed by atoms with van der Waals surface area (Å²) < 4.78 is 29.3. The summed E-state index contributed by atoms with van der Waals surface area (Å²) in [5.41, 5.74) is 0. The first kappa shape index (κ1) is 19.6. The fraction of sp³-hybridized carbons (Fsp3) is 0.500. The van der Waals surface area contributed by atoms with E-state index in [0.717, 1.165) is 4.88 Å². The van der Waals surface area contributed by atoms with Crippen LogP contribution in [-0.2, 0) is 34.8 Å². The van der Waals surface area contributed by atoms with Gasteiger partial charge in [-0.15, -0.1) is 11.3 Å². The van der Waals surface area contributed by atoms with E-state index in [4.69, 9.17) is 0 Å². The van der Waals surface area contributed by atoms with Crippen molar-refractivity contribution >= 4 is 27.3 Å². The monoisotopic (exact) mass is 384 g/mol. The SMILES string of the molecule is CC(C)CC(=O)NCCc1ccc(S(=O)(=O)NCc2nccn2C)s1. The summed E-state index contributed by atoms with van der Waals surface area (Å²) in [5, 5.41) is 2.85. The lowest BCUT2D eigenvalue weighted by molar-refractivity contribution is -0.121. The Morgan fingerprint density at radius 1 is 1.36 bits per heavy atom. The predicted molar refractivity (Wildman–Crippen MR) is 97.7 cm³/mol. The van der Waals surface area contributed by atoms with Crippen LogP contribution in [0.4, 0.5) is 0 Å². The van der Waals surface area contributed by atoms with E-state index in [0.29, 0.717) is 31.1 Å². The molecule has 0 fully saturated rings. The topological polar surface area (TPSA) is 93.1 Å². The molecule has 0 unspecified atom stereocenters. The summed E-state index contributed by atoms with van der Waals surface area (Å²) in [7, 11) is -1.75. The lowest BCUT2D eigenvalue weighted by Crippen LogP contribution is -2.26. The van der Waals surface area contributed by atoms with Crippen LogP contribution in [0.15, 0.2) is 28.7 Å². The Bertz CT molecular complexity index is 809. The maximum absolute atomic E-state index is 12.3. The third-order valence-electron chi connectivity index (χ3n) is 3.53. The standard InChI is InChI=1S/C16H24N4O3S2/c1-12(2)10-15(21)18-7-6-13-4-5-16(24-13)25(22,23)19-11-14-17-8-9-20(14)3/h4-5,8-9,12,19H,6-7,10-11H2,1-3H3,(H,18,21). The molecular weight excluding hydrogens is 360 g/mol. The van der Waals surface area contributed by atoms with Gasteiger partial charge in [0.2, 0.25) is 15.9 Å². The molecule has 1 amide bonds. The minimum absolute atomic E-state index is 0.0242. The lowest BCUT2D eigenvalue weighted by atomic mass is 10.1. The average Bonchev–Trinajstić information content (AvgIpc) is 3.14. The van der Waals surface area contributed by atoms with E-state index in [2.05, 4.69) is 15.0 Å². The molecular formula is C16H24N4O3S2. The molecule has 2 rings (SSSR count). The zero-order valence-electron chi connectivity index (χ0n) is 14.7. The number of hydrogen-bond donors (Lipinski definition) is 2. The number of amides is 1. The van der Waals surface area contributed by atoms with Crippen molar-refractivity contribution in [1.29, 1.82) is 0 Å². The second-order valence-corrected chi connectivity index (χ2v) is 9.36. The highest BCUT2D eigenvalue weighted by molar-refractivity contribution is 7.91. The van der Waals surface area contributed by atoms with Crippen molar-refractivity contribution in [1.82, 2.24) is 19.6 Å². The first-order valence-corrected chi connectivity index (χ1v) is 10.4. The lowest BCUT2D eigenvalue weighted by Gasteiger charge is -2.06. The van der Waals surface area contributed by atoms with Gasteiger partial charge in [0.1, 0.15) is 10.0 Å². The van der Waals surface area contributed by atoms with Crippen LogP contribution in [0, 0.1) is 5.92 Å². The van der Waals surface area contributed by atoms with Crippen LogP contribution in [0.2, 0.25) is 0 Å². The number of hydrogen-bond acceptors (Lipinski definition) is 5. The van der Waals surface area contributed by atoms with Gasteiger partial charge in [-0.05, 0) is 24.5 Å². The number of thiophene rings is 1. The molecule has 0 aromatic carbocycles. The number of rotatable bonds is 9. The molecule has 0 saturated carbocycles. The molecule has 0 atom stereocenters. The number of aromatic nitrogens is 2. The minimum atomic E-state index is -3.56. The third-order valence-corrected chi connectivity index (χ3v) is 6.57. The highest BCUT2D eigenvalue weighted by Gasteiger charge is 2.17. The molecule has 0 radical (unpaired) electrons. The molecule has 2 aromatic rings. The molecule has 0 aliphatic rings. The summed E-state index contributed by atoms with van der Waals surface area (Å²) in [5.74, 6) is 0.993. The third kappa shape index (κ3) is 5.94. The maximum atomic E-state index is 12.3. The smallest absolute Gasteiger partial charge is 0.250 e. The molecule has 2 heterocycles. The Balaban J connectivity index is 1.86. The summed E-state index contributed by atoms with van der Waals surface area (Å²) in [6, 6.07) is 3.38. The van der Waals surface area contributed by atoms with Crippen LogP contribution in [0.5, 0.6) is 0 Å². The number of aryl methyl sites for hydroxylation is 1. The second-order valence-electron chi connectivity index (χ2n) is 6.20. The highest BCUT2D eigenvalue weighted by Crippen LogP contribution is 2.22. The van der Waals surface area contributed by atoms with Crippen LogP contribution < -0.4 is 10.0 Å². The molecule has 0 aliphatic heterocycles. The quantitative estimate of drug-likeness (QED) is 0.688. The zero-order chi connectivity index (χ0) is 18.4. The molecule has 9 heteroatoms. The van der Waals surface area contributed by atoms with Crippen molar-refractivity contribution in [3.05, 3.63) is 35.2 Å². The van der Waals surface area contributed by atoms with Gasteiger partial charge in [0.25, 0.3) is 0 Å². The maximum Gasteiger partial charge on any atom is 0.250 e. The van der Waals surface area contributed by atoms with E-state index in [1.165, 1.54) is 11.3 Å². The van der Waals surface area contributed by atoms with Gasteiger partial charge in [0.05, 0.1) is 6.54 Å². The van der Waals surface area contributed by atoms with Gasteiger partial charge in [-0.1, -0.05) is 13.8 Å². The Morgan fingerprint density at radius 2 is 2.12 bits per heavy atom. The van der Waals surface area contributed by atoms with Crippen molar-refractivity contribution in [2.45, 2.75) is 37.4 Å². The van der Waals surface area contributed by atoms with Crippen LogP contribution >= 0.6 is 11.3 Å². The molecule has 2 N–H and O–H groups in total. The summed E-state index contributed by atoms with van der Waals surface area (Å²) in [4.78, 5) is 16.6. The first-order chi connectivity index (χ1) is 11.8. The Labute approximate surface area is 152 Å². The molecule has 7 nitrogen and oxygen atoms in total. The van der Waals surface area contributed by atoms with Crippen LogP contribution in [0.1, 0.15) is 31.0 Å². The molecule has 0 saturated heterocycles. The number of sulfonamides is 1. The van der Waals surface area contributed by atoms with Gasteiger partial charge in [0, 0.05) is 37.3 Å². The summed E-state index contributed by atoms with van der Waals surface area (Å²) in [6.45, 7) is 4.64. The second kappa shape index (κ2) is 8.59. The number of carbonyl (C=O) groups excluding carboxylic acids is 1. The molecule has 0 aliphatic carbocycles. The van der Waals surface area contributed by atoms with Crippen molar-refractivity contribution in [2.24, 2.45) is 13.0 Å². The predicted octanol–water partition coefficient (Wildman–Crippen LogP) is 1.66. The molecule has 2 aromatic heterocycles. The largest absolute Gasteiger partial charge is 0.356 e. The first-order valence-electron chi connectivity index (χ1n) is 8.09. The molecule has 0 spiro atoms. The van der Waals surface area contributed by atoms with E-state index >= 15 is 0 Å². The van der Waals surface area contributed by atoms with Gasteiger partial charge in [0.15, 0.2) is 0 Å². The van der Waals surface area contributed by atoms with Gasteiger partial charge in [-0.2, -0.15) is 0 Å². The highest BCUT2D eigenvalue weighted by atomic mass is 32.2. The van der Waals surface area contributed by atoms with Crippen LogP contribution in [-0.4, -0.2) is 30.4 Å².